The number of piperazine rings is 1. The smallest absolute Gasteiger partial charge is 0.239 e. The highest BCUT2D eigenvalue weighted by atomic mass is 16.2. The summed E-state index contributed by atoms with van der Waals surface area (Å²) >= 11 is 0. The second kappa shape index (κ2) is 8.21. The quantitative estimate of drug-likeness (QED) is 0.698. The van der Waals surface area contributed by atoms with Crippen LogP contribution in [0.25, 0.3) is 0 Å². The van der Waals surface area contributed by atoms with Crippen LogP contribution < -0.4 is 11.1 Å². The van der Waals surface area contributed by atoms with Gasteiger partial charge in [0.2, 0.25) is 11.8 Å². The summed E-state index contributed by atoms with van der Waals surface area (Å²) in [5, 5.41) is 2.79. The number of rotatable bonds is 6. The van der Waals surface area contributed by atoms with Crippen molar-refractivity contribution < 1.29 is 9.59 Å². The summed E-state index contributed by atoms with van der Waals surface area (Å²) in [7, 11) is 0. The molecule has 116 valence electrons. The molecule has 20 heavy (non-hydrogen) atoms. The molecule has 1 rings (SSSR count). The maximum atomic E-state index is 12.2. The predicted octanol–water partition coefficient (Wildman–Crippen LogP) is -0.360. The van der Waals surface area contributed by atoms with Crippen LogP contribution >= 0.6 is 0 Å². The van der Waals surface area contributed by atoms with E-state index < -0.39 is 6.04 Å². The monoisotopic (exact) mass is 284 g/mol. The third kappa shape index (κ3) is 5.46. The molecule has 0 aromatic rings. The number of carbonyl (C=O) groups is 2. The van der Waals surface area contributed by atoms with E-state index in [1.54, 1.807) is 0 Å². The van der Waals surface area contributed by atoms with Crippen LogP contribution in [0.5, 0.6) is 0 Å². The van der Waals surface area contributed by atoms with Crippen LogP contribution in [0.2, 0.25) is 0 Å². The van der Waals surface area contributed by atoms with Crippen molar-refractivity contribution in [3.8, 4) is 0 Å². The molecular weight excluding hydrogens is 256 g/mol. The first-order chi connectivity index (χ1) is 9.43. The van der Waals surface area contributed by atoms with Gasteiger partial charge in [-0.05, 0) is 19.3 Å². The van der Waals surface area contributed by atoms with Crippen LogP contribution in [0.1, 0.15) is 27.2 Å². The van der Waals surface area contributed by atoms with Gasteiger partial charge in [0, 0.05) is 32.7 Å². The van der Waals surface area contributed by atoms with E-state index >= 15 is 0 Å². The fraction of sp³-hybridized carbons (Fsp3) is 0.857. The summed E-state index contributed by atoms with van der Waals surface area (Å²) in [6, 6.07) is -0.398. The first-order valence-electron chi connectivity index (χ1n) is 7.47. The number of hydrogen-bond donors (Lipinski definition) is 2. The Labute approximate surface area is 121 Å². The van der Waals surface area contributed by atoms with Gasteiger partial charge >= 0.3 is 0 Å². The Morgan fingerprint density at radius 2 is 1.80 bits per heavy atom. The molecule has 2 amide bonds. The Balaban J connectivity index is 2.34. The first kappa shape index (κ1) is 16.9. The van der Waals surface area contributed by atoms with Gasteiger partial charge in [-0.3, -0.25) is 14.5 Å². The average Bonchev–Trinajstić information content (AvgIpc) is 2.38. The minimum atomic E-state index is -0.398. The van der Waals surface area contributed by atoms with Crippen LogP contribution in [0.3, 0.4) is 0 Å². The zero-order valence-corrected chi connectivity index (χ0v) is 12.9. The molecule has 1 unspecified atom stereocenters. The molecule has 0 aromatic carbocycles. The van der Waals surface area contributed by atoms with Crippen molar-refractivity contribution in [3.05, 3.63) is 0 Å². The van der Waals surface area contributed by atoms with E-state index in [0.29, 0.717) is 32.1 Å². The molecule has 3 N–H and O–H groups in total. The molecule has 1 aliphatic rings. The van der Waals surface area contributed by atoms with Gasteiger partial charge in [-0.2, -0.15) is 0 Å². The first-order valence-corrected chi connectivity index (χ1v) is 7.47. The number of nitrogens with two attached hydrogens (primary N) is 1. The van der Waals surface area contributed by atoms with E-state index in [1.807, 2.05) is 11.8 Å². The Morgan fingerprint density at radius 3 is 2.30 bits per heavy atom. The maximum Gasteiger partial charge on any atom is 0.239 e. The van der Waals surface area contributed by atoms with Gasteiger partial charge in [-0.1, -0.05) is 13.8 Å². The van der Waals surface area contributed by atoms with E-state index in [9.17, 15) is 9.59 Å². The maximum absolute atomic E-state index is 12.2. The molecule has 0 aromatic heterocycles. The van der Waals surface area contributed by atoms with Crippen LogP contribution in [-0.4, -0.2) is 66.9 Å². The summed E-state index contributed by atoms with van der Waals surface area (Å²) in [6.45, 7) is 9.89. The number of amides is 2. The third-order valence-corrected chi connectivity index (χ3v) is 3.47. The Bertz CT molecular complexity index is 325. The zero-order valence-electron chi connectivity index (χ0n) is 12.9. The second-order valence-electron chi connectivity index (χ2n) is 5.79. The van der Waals surface area contributed by atoms with Gasteiger partial charge in [0.05, 0.1) is 12.6 Å². The van der Waals surface area contributed by atoms with E-state index in [2.05, 4.69) is 24.1 Å². The number of nitrogens with zero attached hydrogens (tertiary/aromatic N) is 2. The van der Waals surface area contributed by atoms with Crippen molar-refractivity contribution in [3.63, 3.8) is 0 Å². The lowest BCUT2D eigenvalue weighted by atomic mass is 10.0. The van der Waals surface area contributed by atoms with Crippen LogP contribution in [-0.2, 0) is 9.59 Å². The highest BCUT2D eigenvalue weighted by Crippen LogP contribution is 2.08. The minimum Gasteiger partial charge on any atom is -0.355 e. The summed E-state index contributed by atoms with van der Waals surface area (Å²) < 4.78 is 0. The molecular formula is C14H28N4O2. The summed E-state index contributed by atoms with van der Waals surface area (Å²) in [5.74, 6) is 0.508. The average molecular weight is 284 g/mol. The topological polar surface area (TPSA) is 78.7 Å². The van der Waals surface area contributed by atoms with Crippen molar-refractivity contribution in [2.45, 2.75) is 33.2 Å². The van der Waals surface area contributed by atoms with Gasteiger partial charge in [0.15, 0.2) is 0 Å². The molecule has 1 heterocycles. The van der Waals surface area contributed by atoms with Crippen molar-refractivity contribution in [1.29, 1.82) is 0 Å². The number of carbonyl (C=O) groups excluding carboxylic acids is 2. The molecule has 1 fully saturated rings. The normalized spacial score (nSPS) is 18.1. The third-order valence-electron chi connectivity index (χ3n) is 3.47. The summed E-state index contributed by atoms with van der Waals surface area (Å²) in [4.78, 5) is 27.6. The molecule has 0 radical (unpaired) electrons. The Kier molecular flexibility index (Phi) is 6.95. The van der Waals surface area contributed by atoms with Gasteiger partial charge in [-0.25, -0.2) is 0 Å². The van der Waals surface area contributed by atoms with Gasteiger partial charge < -0.3 is 16.0 Å². The van der Waals surface area contributed by atoms with Gasteiger partial charge in [0.25, 0.3) is 0 Å². The lowest BCUT2D eigenvalue weighted by molar-refractivity contribution is -0.135. The predicted molar refractivity (Wildman–Crippen MR) is 79.1 cm³/mol. The van der Waals surface area contributed by atoms with Crippen LogP contribution in [0, 0.1) is 5.92 Å². The lowest BCUT2D eigenvalue weighted by Crippen LogP contribution is -2.54. The molecule has 0 aliphatic carbocycles. The SMILES string of the molecule is CCNC(=O)CN1CCN(C(=O)C(N)CC(C)C)CC1. The van der Waals surface area contributed by atoms with Crippen LogP contribution in [0.15, 0.2) is 0 Å². The second-order valence-corrected chi connectivity index (χ2v) is 5.79. The molecule has 1 aliphatic heterocycles. The van der Waals surface area contributed by atoms with Gasteiger partial charge in [0.1, 0.15) is 0 Å². The standard InChI is InChI=1S/C14H28N4O2/c1-4-16-13(19)10-17-5-7-18(8-6-17)14(20)12(15)9-11(2)3/h11-12H,4-10,15H2,1-3H3,(H,16,19). The molecule has 0 spiro atoms. The van der Waals surface area contributed by atoms with Crippen molar-refractivity contribution >= 4 is 11.8 Å². The van der Waals surface area contributed by atoms with Crippen molar-refractivity contribution in [2.75, 3.05) is 39.3 Å². The number of nitrogens with one attached hydrogen (secondary N) is 1. The van der Waals surface area contributed by atoms with Crippen molar-refractivity contribution in [2.24, 2.45) is 11.7 Å². The lowest BCUT2D eigenvalue weighted by Gasteiger charge is -2.35. The highest BCUT2D eigenvalue weighted by Gasteiger charge is 2.26. The van der Waals surface area contributed by atoms with E-state index in [0.717, 1.165) is 19.5 Å². The highest BCUT2D eigenvalue weighted by molar-refractivity contribution is 5.82. The molecule has 1 atom stereocenters. The molecule has 1 saturated heterocycles. The molecule has 0 saturated carbocycles. The Hall–Kier alpha value is -1.14. The molecule has 0 bridgehead atoms. The van der Waals surface area contributed by atoms with Crippen LogP contribution in [0.4, 0.5) is 0 Å². The van der Waals surface area contributed by atoms with Gasteiger partial charge in [-0.15, -0.1) is 0 Å². The summed E-state index contributed by atoms with van der Waals surface area (Å²) in [6.07, 6.45) is 0.720. The fourth-order valence-electron chi connectivity index (χ4n) is 2.43. The van der Waals surface area contributed by atoms with Crippen molar-refractivity contribution in [1.82, 2.24) is 15.1 Å². The van der Waals surface area contributed by atoms with E-state index in [4.69, 9.17) is 5.73 Å². The zero-order chi connectivity index (χ0) is 15.1. The largest absolute Gasteiger partial charge is 0.355 e. The van der Waals surface area contributed by atoms with E-state index in [1.165, 1.54) is 0 Å². The molecule has 6 nitrogen and oxygen atoms in total. The Morgan fingerprint density at radius 1 is 1.20 bits per heavy atom. The summed E-state index contributed by atoms with van der Waals surface area (Å²) in [5.41, 5.74) is 5.93. The minimum absolute atomic E-state index is 0.0383. The number of likely N-dealkylation sites (N-methyl/N-ethyl adjacent to an activating group) is 1. The number of hydrogen-bond acceptors (Lipinski definition) is 4. The fourth-order valence-corrected chi connectivity index (χ4v) is 2.43. The molecule has 6 heteroatoms. The van der Waals surface area contributed by atoms with E-state index in [-0.39, 0.29) is 11.8 Å².